The number of benzene rings is 4. The number of hydrogen-bond acceptors (Lipinski definition) is 6. The number of ether oxygens (including phenoxy) is 6. The van der Waals surface area contributed by atoms with Crippen LogP contribution in [0.1, 0.15) is 22.3 Å². The first kappa shape index (κ1) is 29.1. The second-order valence-electron chi connectivity index (χ2n) is 10.1. The Morgan fingerprint density at radius 1 is 0.439 bits per heavy atom. The van der Waals surface area contributed by atoms with Gasteiger partial charge in [-0.2, -0.15) is 0 Å². The number of hydrogen-bond donors (Lipinski definition) is 0. The first-order chi connectivity index (χ1) is 20.3. The van der Waals surface area contributed by atoms with Gasteiger partial charge >= 0.3 is 0 Å². The molecule has 0 unspecified atom stereocenters. The summed E-state index contributed by atoms with van der Waals surface area (Å²) in [5.74, 6) is 0. The van der Waals surface area contributed by atoms with E-state index in [9.17, 15) is 0 Å². The molecule has 6 heteroatoms. The van der Waals surface area contributed by atoms with Crippen molar-refractivity contribution in [1.82, 2.24) is 0 Å². The van der Waals surface area contributed by atoms with Gasteiger partial charge in [0, 0.05) is 0 Å². The van der Waals surface area contributed by atoms with Crippen LogP contribution in [-0.2, 0) is 54.8 Å². The molecule has 1 aliphatic heterocycles. The van der Waals surface area contributed by atoms with E-state index in [0.717, 1.165) is 22.3 Å². The molecule has 4 atom stereocenters. The first-order valence-electron chi connectivity index (χ1n) is 14.1. The van der Waals surface area contributed by atoms with Crippen molar-refractivity contribution in [3.05, 3.63) is 144 Å². The normalized spacial score (nSPS) is 20.9. The van der Waals surface area contributed by atoms with Gasteiger partial charge in [0.05, 0.1) is 39.6 Å². The van der Waals surface area contributed by atoms with Gasteiger partial charge in [-0.15, -0.1) is 0 Å². The summed E-state index contributed by atoms with van der Waals surface area (Å²) in [6, 6.07) is 40.5. The van der Waals surface area contributed by atoms with Crippen LogP contribution < -0.4 is 0 Å². The molecule has 0 spiro atoms. The van der Waals surface area contributed by atoms with Gasteiger partial charge in [-0.1, -0.05) is 121 Å². The molecule has 1 heterocycles. The molecule has 0 amide bonds. The minimum Gasteiger partial charge on any atom is -0.374 e. The predicted octanol–water partition coefficient (Wildman–Crippen LogP) is 6.33. The van der Waals surface area contributed by atoms with Gasteiger partial charge in [0.25, 0.3) is 0 Å². The van der Waals surface area contributed by atoms with Crippen molar-refractivity contribution in [2.24, 2.45) is 0 Å². The van der Waals surface area contributed by atoms with Crippen molar-refractivity contribution in [2.75, 3.05) is 20.0 Å². The third-order valence-corrected chi connectivity index (χ3v) is 6.98. The van der Waals surface area contributed by atoms with Crippen molar-refractivity contribution in [3.8, 4) is 0 Å². The second kappa shape index (κ2) is 16.2. The van der Waals surface area contributed by atoms with Crippen LogP contribution in [0.3, 0.4) is 0 Å². The van der Waals surface area contributed by atoms with Gasteiger partial charge in [0.1, 0.15) is 31.2 Å². The largest absolute Gasteiger partial charge is 0.374 e. The first-order valence-corrected chi connectivity index (χ1v) is 14.1. The van der Waals surface area contributed by atoms with Crippen LogP contribution in [-0.4, -0.2) is 44.4 Å². The lowest BCUT2D eigenvalue weighted by Gasteiger charge is -2.33. The molecule has 4 aromatic carbocycles. The van der Waals surface area contributed by atoms with Gasteiger partial charge in [0.2, 0.25) is 0 Å². The molecule has 1 saturated heterocycles. The molecular weight excluding hydrogens is 516 g/mol. The van der Waals surface area contributed by atoms with E-state index in [-0.39, 0.29) is 6.79 Å². The third-order valence-electron chi connectivity index (χ3n) is 6.98. The lowest BCUT2D eigenvalue weighted by Crippen LogP contribution is -2.49. The summed E-state index contributed by atoms with van der Waals surface area (Å²) in [6.07, 6.45) is -1.71. The minimum atomic E-state index is -0.456. The summed E-state index contributed by atoms with van der Waals surface area (Å²) in [5, 5.41) is 0. The highest BCUT2D eigenvalue weighted by Crippen LogP contribution is 2.25. The zero-order chi connectivity index (χ0) is 28.0. The monoisotopic (exact) mass is 554 g/mol. The SMILES string of the molecule is c1ccc(COC[C@@H]2OCO[C@@H](COCc3ccccc3)[C@@H](OCc3ccccc3)[C@@H]2OCc2ccccc2)cc1. The molecule has 0 bridgehead atoms. The molecule has 1 aliphatic rings. The quantitative estimate of drug-likeness (QED) is 0.182. The fraction of sp³-hybridized carbons (Fsp3) is 0.314. The van der Waals surface area contributed by atoms with Gasteiger partial charge < -0.3 is 28.4 Å². The lowest BCUT2D eigenvalue weighted by atomic mass is 10.0. The van der Waals surface area contributed by atoms with E-state index in [2.05, 4.69) is 24.3 Å². The average molecular weight is 555 g/mol. The topological polar surface area (TPSA) is 55.4 Å². The van der Waals surface area contributed by atoms with E-state index in [1.165, 1.54) is 0 Å². The Kier molecular flexibility index (Phi) is 11.5. The van der Waals surface area contributed by atoms with Crippen LogP contribution in [0.5, 0.6) is 0 Å². The Labute approximate surface area is 242 Å². The van der Waals surface area contributed by atoms with Crippen LogP contribution in [0, 0.1) is 0 Å². The Bertz CT molecular complexity index is 1140. The highest BCUT2D eigenvalue weighted by molar-refractivity contribution is 5.16. The molecule has 214 valence electrons. The van der Waals surface area contributed by atoms with E-state index in [1.54, 1.807) is 0 Å². The second-order valence-corrected chi connectivity index (χ2v) is 10.1. The van der Waals surface area contributed by atoms with Gasteiger partial charge in [-0.25, -0.2) is 0 Å². The Hall–Kier alpha value is -3.36. The van der Waals surface area contributed by atoms with Gasteiger partial charge in [-0.3, -0.25) is 0 Å². The summed E-state index contributed by atoms with van der Waals surface area (Å²) in [7, 11) is 0. The van der Waals surface area contributed by atoms with E-state index >= 15 is 0 Å². The van der Waals surface area contributed by atoms with E-state index in [1.807, 2.05) is 97.1 Å². The zero-order valence-corrected chi connectivity index (χ0v) is 23.3. The molecular formula is C35H38O6. The Balaban J connectivity index is 1.33. The van der Waals surface area contributed by atoms with Crippen molar-refractivity contribution >= 4 is 0 Å². The maximum absolute atomic E-state index is 6.59. The number of rotatable bonds is 14. The molecule has 41 heavy (non-hydrogen) atoms. The molecule has 5 rings (SSSR count). The van der Waals surface area contributed by atoms with Crippen LogP contribution >= 0.6 is 0 Å². The van der Waals surface area contributed by atoms with E-state index in [4.69, 9.17) is 28.4 Å². The van der Waals surface area contributed by atoms with E-state index < -0.39 is 24.4 Å². The standard InChI is InChI=1S/C35H38O6/c1-5-13-28(14-6-1)21-36-25-32-34(38-23-30-17-9-3-10-18-30)35(39-24-31-19-11-4-12-20-31)33(41-27-40-32)26-37-22-29-15-7-2-8-16-29/h1-20,32-35H,21-27H2/t32-,33-,34+,35+/m0/s1. The average Bonchev–Trinajstić information content (AvgIpc) is 3.19. The van der Waals surface area contributed by atoms with Crippen LogP contribution in [0.15, 0.2) is 121 Å². The maximum atomic E-state index is 6.59. The molecule has 4 aromatic rings. The molecule has 0 aromatic heterocycles. The van der Waals surface area contributed by atoms with Gasteiger partial charge in [-0.05, 0) is 22.3 Å². The summed E-state index contributed by atoms with van der Waals surface area (Å²) in [5.41, 5.74) is 4.34. The smallest absolute Gasteiger partial charge is 0.147 e. The van der Waals surface area contributed by atoms with Crippen LogP contribution in [0.2, 0.25) is 0 Å². The molecule has 0 aliphatic carbocycles. The van der Waals surface area contributed by atoms with E-state index in [0.29, 0.717) is 39.6 Å². The summed E-state index contributed by atoms with van der Waals surface area (Å²) >= 11 is 0. The summed E-state index contributed by atoms with van der Waals surface area (Å²) in [4.78, 5) is 0. The zero-order valence-electron chi connectivity index (χ0n) is 23.3. The molecule has 0 N–H and O–H groups in total. The van der Waals surface area contributed by atoms with Gasteiger partial charge in [0.15, 0.2) is 0 Å². The van der Waals surface area contributed by atoms with Crippen LogP contribution in [0.25, 0.3) is 0 Å². The third kappa shape index (κ3) is 9.33. The minimum absolute atomic E-state index is 0.0924. The fourth-order valence-electron chi connectivity index (χ4n) is 4.78. The van der Waals surface area contributed by atoms with Crippen molar-refractivity contribution in [1.29, 1.82) is 0 Å². The molecule has 6 nitrogen and oxygen atoms in total. The molecule has 0 radical (unpaired) electrons. The summed E-state index contributed by atoms with van der Waals surface area (Å²) < 4.78 is 37.9. The predicted molar refractivity (Wildman–Crippen MR) is 157 cm³/mol. The molecule has 0 saturated carbocycles. The van der Waals surface area contributed by atoms with Crippen molar-refractivity contribution in [3.63, 3.8) is 0 Å². The highest BCUT2D eigenvalue weighted by atomic mass is 16.7. The highest BCUT2D eigenvalue weighted by Gasteiger charge is 2.41. The maximum Gasteiger partial charge on any atom is 0.147 e. The Morgan fingerprint density at radius 3 is 1.10 bits per heavy atom. The van der Waals surface area contributed by atoms with Crippen molar-refractivity contribution in [2.45, 2.75) is 50.8 Å². The fourth-order valence-corrected chi connectivity index (χ4v) is 4.78. The summed E-state index contributed by atoms with van der Waals surface area (Å²) in [6.45, 7) is 2.54. The van der Waals surface area contributed by atoms with Crippen LogP contribution in [0.4, 0.5) is 0 Å². The Morgan fingerprint density at radius 2 is 0.756 bits per heavy atom. The lowest BCUT2D eigenvalue weighted by molar-refractivity contribution is -0.159. The van der Waals surface area contributed by atoms with Crippen molar-refractivity contribution < 1.29 is 28.4 Å². The molecule has 1 fully saturated rings.